The Labute approximate surface area is 134 Å². The maximum atomic E-state index is 12.0. The maximum Gasteiger partial charge on any atom is 0.241 e. The Morgan fingerprint density at radius 3 is 2.86 bits per heavy atom. The number of nitrogens with one attached hydrogen (secondary N) is 1. The van der Waals surface area contributed by atoms with Crippen LogP contribution in [0.4, 0.5) is 0 Å². The molecule has 0 bridgehead atoms. The summed E-state index contributed by atoms with van der Waals surface area (Å²) >= 11 is 8.08. The van der Waals surface area contributed by atoms with Crippen LogP contribution < -0.4 is 5.32 Å². The summed E-state index contributed by atoms with van der Waals surface area (Å²) in [5.41, 5.74) is 1.14. The maximum absolute atomic E-state index is 12.0. The van der Waals surface area contributed by atoms with Crippen molar-refractivity contribution < 1.29 is 9.59 Å². The van der Waals surface area contributed by atoms with Crippen molar-refractivity contribution in [2.24, 2.45) is 0 Å². The van der Waals surface area contributed by atoms with Gasteiger partial charge in [-0.05, 0) is 18.1 Å². The smallest absolute Gasteiger partial charge is 0.241 e. The minimum absolute atomic E-state index is 0.0226. The van der Waals surface area contributed by atoms with Crippen molar-refractivity contribution in [3.8, 4) is 0 Å². The van der Waals surface area contributed by atoms with Crippen molar-refractivity contribution in [1.29, 1.82) is 0 Å². The second-order valence-electron chi connectivity index (χ2n) is 4.96. The minimum Gasteiger partial charge on any atom is -0.347 e. The number of halogens is 1. The SMILES string of the molecule is CC(=O)NCC(=O)N1CCS[C@@H](c2ccccc2Cl)CC1. The monoisotopic (exact) mass is 326 g/mol. The Bertz CT molecular complexity index is 524. The quantitative estimate of drug-likeness (QED) is 0.928. The van der Waals surface area contributed by atoms with Gasteiger partial charge >= 0.3 is 0 Å². The van der Waals surface area contributed by atoms with Crippen LogP contribution in [0.3, 0.4) is 0 Å². The van der Waals surface area contributed by atoms with Crippen LogP contribution in [0, 0.1) is 0 Å². The highest BCUT2D eigenvalue weighted by molar-refractivity contribution is 7.99. The van der Waals surface area contributed by atoms with E-state index in [2.05, 4.69) is 11.4 Å². The fourth-order valence-corrected chi connectivity index (χ4v) is 3.92. The summed E-state index contributed by atoms with van der Waals surface area (Å²) in [6.07, 6.45) is 0.875. The normalized spacial score (nSPS) is 19.0. The molecule has 1 atom stereocenters. The highest BCUT2D eigenvalue weighted by atomic mass is 35.5. The van der Waals surface area contributed by atoms with Crippen LogP contribution in [0.15, 0.2) is 24.3 Å². The fourth-order valence-electron chi connectivity index (χ4n) is 2.32. The molecule has 1 aromatic carbocycles. The number of amides is 2. The van der Waals surface area contributed by atoms with Crippen molar-refractivity contribution in [3.63, 3.8) is 0 Å². The van der Waals surface area contributed by atoms with Crippen LogP contribution in [0.2, 0.25) is 5.02 Å². The zero-order valence-corrected chi connectivity index (χ0v) is 13.5. The van der Waals surface area contributed by atoms with E-state index in [1.165, 1.54) is 6.92 Å². The van der Waals surface area contributed by atoms with E-state index in [1.54, 1.807) is 0 Å². The van der Waals surface area contributed by atoms with Gasteiger partial charge in [-0.2, -0.15) is 11.8 Å². The molecule has 1 N–H and O–H groups in total. The highest BCUT2D eigenvalue weighted by Crippen LogP contribution is 2.37. The van der Waals surface area contributed by atoms with Gasteiger partial charge in [0.25, 0.3) is 0 Å². The first kappa shape index (κ1) is 16.2. The molecule has 1 heterocycles. The molecule has 0 saturated carbocycles. The van der Waals surface area contributed by atoms with Gasteiger partial charge in [0.1, 0.15) is 0 Å². The van der Waals surface area contributed by atoms with E-state index < -0.39 is 0 Å². The molecule has 114 valence electrons. The summed E-state index contributed by atoms with van der Waals surface area (Å²) in [7, 11) is 0. The molecule has 1 aromatic rings. The molecular weight excluding hydrogens is 308 g/mol. The van der Waals surface area contributed by atoms with Crippen molar-refractivity contribution in [2.45, 2.75) is 18.6 Å². The van der Waals surface area contributed by atoms with Crippen LogP contribution in [0.5, 0.6) is 0 Å². The Morgan fingerprint density at radius 1 is 1.38 bits per heavy atom. The first-order valence-corrected chi connectivity index (χ1v) is 8.39. The molecule has 0 aromatic heterocycles. The van der Waals surface area contributed by atoms with E-state index in [9.17, 15) is 9.59 Å². The number of hydrogen-bond acceptors (Lipinski definition) is 3. The Balaban J connectivity index is 1.94. The number of nitrogens with zero attached hydrogens (tertiary/aromatic N) is 1. The molecular formula is C15H19ClN2O2S. The summed E-state index contributed by atoms with van der Waals surface area (Å²) in [6.45, 7) is 2.90. The first-order valence-electron chi connectivity index (χ1n) is 6.96. The molecule has 2 rings (SSSR count). The van der Waals surface area contributed by atoms with Crippen LogP contribution in [0.1, 0.15) is 24.2 Å². The lowest BCUT2D eigenvalue weighted by Crippen LogP contribution is -2.40. The molecule has 1 aliphatic rings. The molecule has 0 radical (unpaired) electrons. The Morgan fingerprint density at radius 2 is 2.14 bits per heavy atom. The van der Waals surface area contributed by atoms with E-state index in [4.69, 9.17) is 11.6 Å². The number of carbonyl (C=O) groups excluding carboxylic acids is 2. The molecule has 2 amide bonds. The van der Waals surface area contributed by atoms with Gasteiger partial charge in [-0.15, -0.1) is 0 Å². The number of thioether (sulfide) groups is 1. The summed E-state index contributed by atoms with van der Waals surface area (Å²) in [4.78, 5) is 24.7. The van der Waals surface area contributed by atoms with Gasteiger partial charge in [0, 0.05) is 36.0 Å². The second-order valence-corrected chi connectivity index (χ2v) is 6.68. The van der Waals surface area contributed by atoms with Crippen LogP contribution in [0.25, 0.3) is 0 Å². The predicted octanol–water partition coefficient (Wildman–Crippen LogP) is 2.48. The summed E-state index contributed by atoms with van der Waals surface area (Å²) in [5.74, 6) is 0.675. The van der Waals surface area contributed by atoms with Gasteiger partial charge < -0.3 is 10.2 Å². The zero-order chi connectivity index (χ0) is 15.2. The van der Waals surface area contributed by atoms with E-state index in [-0.39, 0.29) is 18.4 Å². The molecule has 0 spiro atoms. The topological polar surface area (TPSA) is 49.4 Å². The van der Waals surface area contributed by atoms with E-state index in [0.717, 1.165) is 22.8 Å². The van der Waals surface area contributed by atoms with Gasteiger partial charge in [0.15, 0.2) is 0 Å². The van der Waals surface area contributed by atoms with Crippen LogP contribution in [-0.4, -0.2) is 42.1 Å². The second kappa shape index (κ2) is 7.71. The molecule has 6 heteroatoms. The molecule has 1 aliphatic heterocycles. The highest BCUT2D eigenvalue weighted by Gasteiger charge is 2.23. The van der Waals surface area contributed by atoms with Gasteiger partial charge in [0.2, 0.25) is 11.8 Å². The lowest BCUT2D eigenvalue weighted by atomic mass is 10.1. The van der Waals surface area contributed by atoms with E-state index in [1.807, 2.05) is 34.9 Å². The zero-order valence-electron chi connectivity index (χ0n) is 12.0. The third kappa shape index (κ3) is 4.64. The fraction of sp³-hybridized carbons (Fsp3) is 0.467. The third-order valence-electron chi connectivity index (χ3n) is 3.43. The van der Waals surface area contributed by atoms with Gasteiger partial charge in [-0.3, -0.25) is 9.59 Å². The van der Waals surface area contributed by atoms with E-state index in [0.29, 0.717) is 18.3 Å². The molecule has 21 heavy (non-hydrogen) atoms. The number of carbonyl (C=O) groups is 2. The number of hydrogen-bond donors (Lipinski definition) is 1. The number of benzene rings is 1. The van der Waals surface area contributed by atoms with Crippen LogP contribution >= 0.6 is 23.4 Å². The van der Waals surface area contributed by atoms with Crippen molar-refractivity contribution in [2.75, 3.05) is 25.4 Å². The van der Waals surface area contributed by atoms with Crippen LogP contribution in [-0.2, 0) is 9.59 Å². The molecule has 0 aliphatic carbocycles. The van der Waals surface area contributed by atoms with Crippen molar-refractivity contribution in [3.05, 3.63) is 34.9 Å². The summed E-state index contributed by atoms with van der Waals surface area (Å²) in [6, 6.07) is 7.87. The Hall–Kier alpha value is -1.20. The molecule has 4 nitrogen and oxygen atoms in total. The molecule has 0 unspecified atom stereocenters. The first-order chi connectivity index (χ1) is 10.1. The minimum atomic E-state index is -0.179. The third-order valence-corrected chi connectivity index (χ3v) is 5.09. The average Bonchev–Trinajstić information content (AvgIpc) is 2.71. The van der Waals surface area contributed by atoms with Gasteiger partial charge in [0.05, 0.1) is 6.54 Å². The Kier molecular flexibility index (Phi) is 5.94. The number of rotatable bonds is 3. The van der Waals surface area contributed by atoms with Gasteiger partial charge in [-0.25, -0.2) is 0 Å². The van der Waals surface area contributed by atoms with Gasteiger partial charge in [-0.1, -0.05) is 29.8 Å². The molecule has 1 fully saturated rings. The average molecular weight is 327 g/mol. The lowest BCUT2D eigenvalue weighted by molar-refractivity contribution is -0.132. The van der Waals surface area contributed by atoms with E-state index >= 15 is 0 Å². The van der Waals surface area contributed by atoms with Crippen molar-refractivity contribution in [1.82, 2.24) is 10.2 Å². The predicted molar refractivity (Wildman–Crippen MR) is 86.5 cm³/mol. The summed E-state index contributed by atoms with van der Waals surface area (Å²) < 4.78 is 0. The molecule has 1 saturated heterocycles. The summed E-state index contributed by atoms with van der Waals surface area (Å²) in [5, 5.41) is 3.66. The van der Waals surface area contributed by atoms with Crippen molar-refractivity contribution >= 4 is 35.2 Å². The lowest BCUT2D eigenvalue weighted by Gasteiger charge is -2.20. The largest absolute Gasteiger partial charge is 0.347 e. The standard InChI is InChI=1S/C15H19ClN2O2S/c1-11(19)17-10-15(20)18-7-6-14(21-9-8-18)12-4-2-3-5-13(12)16/h2-5,14H,6-10H2,1H3,(H,17,19)/t14-/m1/s1.